The minimum atomic E-state index is -2.23. The van der Waals surface area contributed by atoms with Gasteiger partial charge in [0, 0.05) is 17.8 Å². The fraction of sp³-hybridized carbons (Fsp3) is 0.208. The van der Waals surface area contributed by atoms with E-state index < -0.39 is 23.3 Å². The van der Waals surface area contributed by atoms with Gasteiger partial charge in [-0.15, -0.1) is 0 Å². The second-order valence-corrected chi connectivity index (χ2v) is 7.98. The summed E-state index contributed by atoms with van der Waals surface area (Å²) in [5.41, 5.74) is -0.146. The maximum atomic E-state index is 13.9. The zero-order chi connectivity index (χ0) is 24.7. The summed E-state index contributed by atoms with van der Waals surface area (Å²) in [6, 6.07) is 7.93. The molecule has 2 aromatic carbocycles. The molecule has 5 rings (SSSR count). The molecule has 1 aromatic heterocycles. The van der Waals surface area contributed by atoms with Gasteiger partial charge in [-0.1, -0.05) is 11.2 Å². The number of benzene rings is 2. The van der Waals surface area contributed by atoms with E-state index >= 15 is 0 Å². The smallest absolute Gasteiger partial charge is 0.377 e. The number of amidine groups is 1. The highest BCUT2D eigenvalue weighted by Gasteiger charge is 2.57. The van der Waals surface area contributed by atoms with E-state index in [0.29, 0.717) is 17.4 Å². The molecule has 0 radical (unpaired) electrons. The maximum absolute atomic E-state index is 13.9. The molecule has 9 nitrogen and oxygen atoms in total. The minimum absolute atomic E-state index is 0.0723. The topological polar surface area (TPSA) is 98.4 Å². The number of halogens is 2. The third-order valence-electron chi connectivity index (χ3n) is 5.73. The van der Waals surface area contributed by atoms with Crippen molar-refractivity contribution in [3.05, 3.63) is 83.1 Å². The zero-order valence-corrected chi connectivity index (χ0v) is 18.7. The Labute approximate surface area is 198 Å². The molecule has 0 saturated carbocycles. The van der Waals surface area contributed by atoms with Gasteiger partial charge in [0.1, 0.15) is 24.0 Å². The van der Waals surface area contributed by atoms with Crippen LogP contribution in [-0.2, 0) is 20.1 Å². The maximum Gasteiger partial charge on any atom is 0.377 e. The van der Waals surface area contributed by atoms with Gasteiger partial charge in [0.15, 0.2) is 5.76 Å². The van der Waals surface area contributed by atoms with Gasteiger partial charge in [-0.2, -0.15) is 0 Å². The number of carboxylic acid groups (broad SMARTS) is 1. The van der Waals surface area contributed by atoms with E-state index in [2.05, 4.69) is 10.1 Å². The number of hydrogen-bond donors (Lipinski definition) is 1. The molecule has 2 aliphatic rings. The van der Waals surface area contributed by atoms with Crippen molar-refractivity contribution >= 4 is 17.9 Å². The number of morpholine rings is 1. The van der Waals surface area contributed by atoms with Crippen molar-refractivity contribution < 1.29 is 33.0 Å². The van der Waals surface area contributed by atoms with E-state index in [1.807, 2.05) is 29.8 Å². The fourth-order valence-corrected chi connectivity index (χ4v) is 4.15. The summed E-state index contributed by atoms with van der Waals surface area (Å²) >= 11 is 0. The molecule has 0 spiro atoms. The molecule has 1 saturated heterocycles. The average Bonchev–Trinajstić information content (AvgIpc) is 3.43. The molecule has 1 unspecified atom stereocenters. The number of aryl methyl sites for hydroxylation is 1. The van der Waals surface area contributed by atoms with Crippen LogP contribution in [0.2, 0.25) is 0 Å². The average molecular weight is 482 g/mol. The summed E-state index contributed by atoms with van der Waals surface area (Å²) in [7, 11) is 1.55. The first-order chi connectivity index (χ1) is 16.8. The van der Waals surface area contributed by atoms with Gasteiger partial charge in [0.2, 0.25) is 5.84 Å². The second-order valence-electron chi connectivity index (χ2n) is 7.98. The van der Waals surface area contributed by atoms with E-state index in [0.717, 1.165) is 23.5 Å². The molecule has 0 aliphatic carbocycles. The number of rotatable bonds is 5. The lowest BCUT2D eigenvalue weighted by Gasteiger charge is -2.36. The van der Waals surface area contributed by atoms with Gasteiger partial charge in [-0.3, -0.25) is 4.90 Å². The molecule has 3 aromatic rings. The number of carboxylic acids is 1. The number of nitrogens with zero attached hydrogens (tertiary/aromatic N) is 4. The second kappa shape index (κ2) is 8.42. The monoisotopic (exact) mass is 482 g/mol. The quantitative estimate of drug-likeness (QED) is 0.595. The molecule has 0 bridgehead atoms. The van der Waals surface area contributed by atoms with Crippen molar-refractivity contribution in [2.24, 2.45) is 5.16 Å². The number of aromatic nitrogens is 2. The van der Waals surface area contributed by atoms with Crippen LogP contribution in [0.3, 0.4) is 0 Å². The highest BCUT2D eigenvalue weighted by atomic mass is 19.1. The first-order valence-corrected chi connectivity index (χ1v) is 10.6. The first kappa shape index (κ1) is 22.4. The van der Waals surface area contributed by atoms with Crippen LogP contribution in [0.1, 0.15) is 16.8 Å². The number of imidazole rings is 1. The number of methoxy groups -OCH3 is 1. The molecule has 35 heavy (non-hydrogen) atoms. The standard InChI is InChI=1S/C24H20F2N4O5/c1-14-12-29(13-27-14)19-4-3-15(7-20(19)33-2)8-21-22-28-35-24(23(31)32,30(22)5-6-34-21)16-9-17(25)11-18(26)10-16/h3-4,7-13H,5-6H2,1-2H3,(H,31,32). The molecule has 2 aliphatic heterocycles. The van der Waals surface area contributed by atoms with Gasteiger partial charge in [-0.05, 0) is 42.8 Å². The Bertz CT molecular complexity index is 1370. The van der Waals surface area contributed by atoms with Crippen LogP contribution in [0.25, 0.3) is 11.8 Å². The van der Waals surface area contributed by atoms with Crippen LogP contribution in [0.5, 0.6) is 5.75 Å². The minimum Gasteiger partial charge on any atom is -0.495 e. The molecule has 1 fully saturated rings. The van der Waals surface area contributed by atoms with Crippen LogP contribution in [0.15, 0.2) is 59.8 Å². The third kappa shape index (κ3) is 3.74. The number of aliphatic carboxylic acids is 1. The number of fused-ring (bicyclic) bond motifs is 1. The fourth-order valence-electron chi connectivity index (χ4n) is 4.15. The highest BCUT2D eigenvalue weighted by molar-refractivity contribution is 6.04. The van der Waals surface area contributed by atoms with Gasteiger partial charge < -0.3 is 24.0 Å². The normalized spacial score (nSPS) is 20.2. The molecule has 1 N–H and O–H groups in total. The number of carbonyl (C=O) groups is 1. The predicted molar refractivity (Wildman–Crippen MR) is 120 cm³/mol. The lowest BCUT2D eigenvalue weighted by Crippen LogP contribution is -2.55. The Hall–Kier alpha value is -4.41. The van der Waals surface area contributed by atoms with Gasteiger partial charge in [0.25, 0.3) is 0 Å². The van der Waals surface area contributed by atoms with E-state index in [-0.39, 0.29) is 30.3 Å². The van der Waals surface area contributed by atoms with Crippen LogP contribution in [0.4, 0.5) is 8.78 Å². The molecular formula is C24H20F2N4O5. The van der Waals surface area contributed by atoms with E-state index in [1.54, 1.807) is 25.6 Å². The molecule has 1 atom stereocenters. The molecule has 180 valence electrons. The van der Waals surface area contributed by atoms with E-state index in [1.165, 1.54) is 4.90 Å². The summed E-state index contributed by atoms with van der Waals surface area (Å²) in [6.45, 7) is 2.06. The van der Waals surface area contributed by atoms with Crippen molar-refractivity contribution in [1.82, 2.24) is 14.5 Å². The Kier molecular flexibility index (Phi) is 5.39. The van der Waals surface area contributed by atoms with Crippen LogP contribution in [-0.4, -0.2) is 51.6 Å². The predicted octanol–water partition coefficient (Wildman–Crippen LogP) is 3.42. The molecule has 3 heterocycles. The van der Waals surface area contributed by atoms with Crippen molar-refractivity contribution in [1.29, 1.82) is 0 Å². The summed E-state index contributed by atoms with van der Waals surface area (Å²) in [5, 5.41) is 14.0. The van der Waals surface area contributed by atoms with Crippen LogP contribution >= 0.6 is 0 Å². The van der Waals surface area contributed by atoms with Gasteiger partial charge in [0.05, 0.1) is 31.4 Å². The third-order valence-corrected chi connectivity index (χ3v) is 5.73. The van der Waals surface area contributed by atoms with Crippen molar-refractivity contribution in [2.45, 2.75) is 12.6 Å². The van der Waals surface area contributed by atoms with Crippen molar-refractivity contribution in [2.75, 3.05) is 20.3 Å². The SMILES string of the molecule is COc1cc(C=C2OCCN3C2=NOC3(C(=O)O)c2cc(F)cc(F)c2)ccc1-n1cnc(C)c1. The zero-order valence-electron chi connectivity index (χ0n) is 18.7. The van der Waals surface area contributed by atoms with Crippen LogP contribution < -0.4 is 4.74 Å². The Balaban J connectivity index is 1.51. The van der Waals surface area contributed by atoms with E-state index in [9.17, 15) is 18.7 Å². The van der Waals surface area contributed by atoms with Gasteiger partial charge >= 0.3 is 11.7 Å². The van der Waals surface area contributed by atoms with Gasteiger partial charge in [-0.25, -0.2) is 18.6 Å². The Morgan fingerprint density at radius 1 is 1.23 bits per heavy atom. The number of hydrogen-bond acceptors (Lipinski definition) is 7. The Morgan fingerprint density at radius 2 is 2.00 bits per heavy atom. The highest BCUT2D eigenvalue weighted by Crippen LogP contribution is 2.40. The lowest BCUT2D eigenvalue weighted by atomic mass is 9.99. The van der Waals surface area contributed by atoms with Crippen LogP contribution in [0, 0.1) is 18.6 Å². The molecule has 0 amide bonds. The number of ether oxygens (including phenoxy) is 2. The van der Waals surface area contributed by atoms with E-state index in [4.69, 9.17) is 14.3 Å². The summed E-state index contributed by atoms with van der Waals surface area (Å²) < 4.78 is 41.0. The first-order valence-electron chi connectivity index (χ1n) is 10.6. The van der Waals surface area contributed by atoms with Crippen molar-refractivity contribution in [3.63, 3.8) is 0 Å². The number of oxime groups is 1. The lowest BCUT2D eigenvalue weighted by molar-refractivity contribution is -0.184. The summed E-state index contributed by atoms with van der Waals surface area (Å²) in [5.74, 6) is -2.42. The largest absolute Gasteiger partial charge is 0.495 e. The Morgan fingerprint density at radius 3 is 2.66 bits per heavy atom. The summed E-state index contributed by atoms with van der Waals surface area (Å²) in [4.78, 5) is 23.3. The molecular weight excluding hydrogens is 462 g/mol. The molecule has 11 heteroatoms. The summed E-state index contributed by atoms with van der Waals surface area (Å²) in [6.07, 6.45) is 5.20. The van der Waals surface area contributed by atoms with Crippen molar-refractivity contribution in [3.8, 4) is 11.4 Å².